The minimum absolute atomic E-state index is 0.0611. The smallest absolute Gasteiger partial charge is 0.337 e. The summed E-state index contributed by atoms with van der Waals surface area (Å²) in [4.78, 5) is 25.0. The predicted octanol–water partition coefficient (Wildman–Crippen LogP) is 6.36. The van der Waals surface area contributed by atoms with Crippen LogP contribution in [0.15, 0.2) is 77.7 Å². The molecule has 1 atom stereocenters. The third-order valence-corrected chi connectivity index (χ3v) is 6.42. The van der Waals surface area contributed by atoms with Crippen LogP contribution in [0.25, 0.3) is 0 Å². The van der Waals surface area contributed by atoms with Gasteiger partial charge in [0, 0.05) is 22.0 Å². The van der Waals surface area contributed by atoms with E-state index in [0.717, 1.165) is 16.3 Å². The normalized spacial score (nSPS) is 11.3. The Morgan fingerprint density at radius 2 is 1.61 bits per heavy atom. The maximum atomic E-state index is 12.8. The quantitative estimate of drug-likeness (QED) is 0.212. The number of amides is 1. The van der Waals surface area contributed by atoms with Crippen LogP contribution in [0.4, 0.5) is 17.1 Å². The lowest BCUT2D eigenvalue weighted by atomic mass is 10.2. The SMILES string of the molecule is CCC(Sc1cccc(NC(=S)Nc2ccccc2)c1)C(=O)Nc1ccc(Cl)c(C(=O)O)c1. The predicted molar refractivity (Wildman–Crippen MR) is 140 cm³/mol. The molecule has 0 saturated heterocycles. The number of carboxylic acid groups (broad SMARTS) is 1. The van der Waals surface area contributed by atoms with Crippen LogP contribution < -0.4 is 16.0 Å². The van der Waals surface area contributed by atoms with E-state index in [1.807, 2.05) is 61.5 Å². The molecule has 1 amide bonds. The Bertz CT molecular complexity index is 1160. The van der Waals surface area contributed by atoms with Gasteiger partial charge in [-0.25, -0.2) is 4.79 Å². The van der Waals surface area contributed by atoms with Gasteiger partial charge in [-0.2, -0.15) is 0 Å². The molecule has 0 aliphatic carbocycles. The summed E-state index contributed by atoms with van der Waals surface area (Å²) in [5.41, 5.74) is 2.01. The Balaban J connectivity index is 1.64. The van der Waals surface area contributed by atoms with E-state index < -0.39 is 5.97 Å². The van der Waals surface area contributed by atoms with Gasteiger partial charge in [0.25, 0.3) is 0 Å². The fourth-order valence-electron chi connectivity index (χ4n) is 2.94. The second-order valence-corrected chi connectivity index (χ2v) is 9.07. The first-order valence-corrected chi connectivity index (χ1v) is 11.8. The third kappa shape index (κ3) is 7.21. The van der Waals surface area contributed by atoms with Gasteiger partial charge in [0.2, 0.25) is 5.91 Å². The van der Waals surface area contributed by atoms with Crippen LogP contribution in [0.5, 0.6) is 0 Å². The summed E-state index contributed by atoms with van der Waals surface area (Å²) < 4.78 is 0. The van der Waals surface area contributed by atoms with Crippen molar-refractivity contribution in [2.24, 2.45) is 0 Å². The summed E-state index contributed by atoms with van der Waals surface area (Å²) in [6.07, 6.45) is 0.585. The third-order valence-electron chi connectivity index (χ3n) is 4.53. The molecule has 6 nitrogen and oxygen atoms in total. The molecule has 0 heterocycles. The number of hydrogen-bond donors (Lipinski definition) is 4. The molecule has 0 spiro atoms. The summed E-state index contributed by atoms with van der Waals surface area (Å²) in [6, 6.07) is 21.6. The number of hydrogen-bond acceptors (Lipinski definition) is 4. The number of rotatable bonds is 8. The van der Waals surface area contributed by atoms with Gasteiger partial charge in [-0.1, -0.05) is 42.8 Å². The van der Waals surface area contributed by atoms with Crippen molar-refractivity contribution in [2.45, 2.75) is 23.5 Å². The molecular formula is C24H22ClN3O3S2. The number of carboxylic acids is 1. The van der Waals surface area contributed by atoms with Crippen LogP contribution in [-0.2, 0) is 4.79 Å². The highest BCUT2D eigenvalue weighted by molar-refractivity contribution is 8.00. The van der Waals surface area contributed by atoms with Crippen LogP contribution in [0, 0.1) is 0 Å². The number of carbonyl (C=O) groups is 2. The average Bonchev–Trinajstić information content (AvgIpc) is 2.79. The molecule has 0 aliphatic heterocycles. The fraction of sp³-hybridized carbons (Fsp3) is 0.125. The molecule has 0 fully saturated rings. The van der Waals surface area contributed by atoms with Crippen molar-refractivity contribution < 1.29 is 14.7 Å². The molecule has 4 N–H and O–H groups in total. The number of aromatic carboxylic acids is 1. The summed E-state index contributed by atoms with van der Waals surface area (Å²) in [6.45, 7) is 1.92. The van der Waals surface area contributed by atoms with Crippen LogP contribution in [0.1, 0.15) is 23.7 Å². The Kier molecular flexibility index (Phi) is 8.71. The van der Waals surface area contributed by atoms with Gasteiger partial charge < -0.3 is 21.1 Å². The molecular weight excluding hydrogens is 478 g/mol. The van der Waals surface area contributed by atoms with Gasteiger partial charge in [0.05, 0.1) is 15.8 Å². The van der Waals surface area contributed by atoms with Crippen molar-refractivity contribution in [1.29, 1.82) is 0 Å². The lowest BCUT2D eigenvalue weighted by Crippen LogP contribution is -2.24. The van der Waals surface area contributed by atoms with E-state index in [1.54, 1.807) is 6.07 Å². The molecule has 3 aromatic rings. The van der Waals surface area contributed by atoms with Crippen molar-refractivity contribution in [1.82, 2.24) is 0 Å². The average molecular weight is 500 g/mol. The summed E-state index contributed by atoms with van der Waals surface area (Å²) in [5, 5.41) is 18.5. The highest BCUT2D eigenvalue weighted by Gasteiger charge is 2.19. The second-order valence-electron chi connectivity index (χ2n) is 6.98. The molecule has 170 valence electrons. The Morgan fingerprint density at radius 3 is 2.30 bits per heavy atom. The van der Waals surface area contributed by atoms with Crippen molar-refractivity contribution in [3.63, 3.8) is 0 Å². The van der Waals surface area contributed by atoms with Gasteiger partial charge >= 0.3 is 5.97 Å². The topological polar surface area (TPSA) is 90.5 Å². The van der Waals surface area contributed by atoms with Crippen LogP contribution in [0.2, 0.25) is 5.02 Å². The zero-order valence-electron chi connectivity index (χ0n) is 17.7. The number of thiocarbonyl (C=S) groups is 1. The van der Waals surface area contributed by atoms with Gasteiger partial charge in [-0.3, -0.25) is 4.79 Å². The molecule has 0 saturated carbocycles. The van der Waals surface area contributed by atoms with Crippen LogP contribution >= 0.6 is 35.6 Å². The zero-order chi connectivity index (χ0) is 23.8. The highest BCUT2D eigenvalue weighted by Crippen LogP contribution is 2.29. The molecule has 3 aromatic carbocycles. The van der Waals surface area contributed by atoms with E-state index in [2.05, 4.69) is 16.0 Å². The van der Waals surface area contributed by atoms with Crippen molar-refractivity contribution in [3.8, 4) is 0 Å². The summed E-state index contributed by atoms with van der Waals surface area (Å²) in [7, 11) is 0. The largest absolute Gasteiger partial charge is 0.478 e. The monoisotopic (exact) mass is 499 g/mol. The van der Waals surface area contributed by atoms with Gasteiger partial charge in [0.15, 0.2) is 5.11 Å². The number of benzene rings is 3. The second kappa shape index (κ2) is 11.7. The minimum atomic E-state index is -1.15. The maximum Gasteiger partial charge on any atom is 0.337 e. The molecule has 1 unspecified atom stereocenters. The van der Waals surface area contributed by atoms with Gasteiger partial charge in [-0.15, -0.1) is 11.8 Å². The van der Waals surface area contributed by atoms with E-state index in [0.29, 0.717) is 17.2 Å². The van der Waals surface area contributed by atoms with Crippen molar-refractivity contribution in [2.75, 3.05) is 16.0 Å². The Hall–Kier alpha value is -3.07. The molecule has 0 aliphatic rings. The molecule has 0 radical (unpaired) electrons. The Morgan fingerprint density at radius 1 is 0.939 bits per heavy atom. The lowest BCUT2D eigenvalue weighted by molar-refractivity contribution is -0.115. The molecule has 3 rings (SSSR count). The summed E-state index contributed by atoms with van der Waals surface area (Å²) in [5.74, 6) is -1.37. The van der Waals surface area contributed by atoms with Gasteiger partial charge in [-0.05, 0) is 67.2 Å². The molecule has 33 heavy (non-hydrogen) atoms. The molecule has 0 bridgehead atoms. The van der Waals surface area contributed by atoms with Crippen LogP contribution in [0.3, 0.4) is 0 Å². The first-order chi connectivity index (χ1) is 15.9. The number of para-hydroxylation sites is 1. The fourth-order valence-corrected chi connectivity index (χ4v) is 4.39. The van der Waals surface area contributed by atoms with E-state index in [-0.39, 0.29) is 21.7 Å². The van der Waals surface area contributed by atoms with E-state index in [9.17, 15) is 14.7 Å². The molecule has 9 heteroatoms. The first-order valence-electron chi connectivity index (χ1n) is 10.1. The van der Waals surface area contributed by atoms with Crippen molar-refractivity contribution in [3.05, 3.63) is 83.4 Å². The van der Waals surface area contributed by atoms with E-state index >= 15 is 0 Å². The van der Waals surface area contributed by atoms with Gasteiger partial charge in [0.1, 0.15) is 0 Å². The number of thioether (sulfide) groups is 1. The number of nitrogens with one attached hydrogen (secondary N) is 3. The van der Waals surface area contributed by atoms with E-state index in [1.165, 1.54) is 23.9 Å². The molecule has 0 aromatic heterocycles. The van der Waals surface area contributed by atoms with Crippen LogP contribution in [-0.4, -0.2) is 27.3 Å². The number of anilines is 3. The van der Waals surface area contributed by atoms with E-state index in [4.69, 9.17) is 23.8 Å². The highest BCUT2D eigenvalue weighted by atomic mass is 35.5. The number of carbonyl (C=O) groups excluding carboxylic acids is 1. The minimum Gasteiger partial charge on any atom is -0.478 e. The Labute approximate surface area is 206 Å². The maximum absolute atomic E-state index is 12.8. The van der Waals surface area contributed by atoms with Crippen molar-refractivity contribution >= 4 is 69.6 Å². The standard InChI is InChI=1S/C24H22ClN3O3S2/c1-2-21(22(29)26-17-11-12-20(25)19(14-17)23(30)31)33-18-10-6-9-16(13-18)28-24(32)27-15-7-4-3-5-8-15/h3-14,21H,2H2,1H3,(H,26,29)(H,30,31)(H2,27,28,32). The lowest BCUT2D eigenvalue weighted by Gasteiger charge is -2.16. The zero-order valence-corrected chi connectivity index (χ0v) is 20.1. The summed E-state index contributed by atoms with van der Waals surface area (Å²) >= 11 is 12.7. The first kappa shape index (κ1) is 24.6. The number of halogens is 1.